The molecule has 0 bridgehead atoms. The first-order valence-electron chi connectivity index (χ1n) is 5.06. The van der Waals surface area contributed by atoms with Gasteiger partial charge in [0.2, 0.25) is 0 Å². The normalized spacial score (nSPS) is 10.5. The maximum atomic E-state index is 11.3. The highest BCUT2D eigenvalue weighted by molar-refractivity contribution is 7.98. The molecule has 0 radical (unpaired) electrons. The number of carbonyl (C=O) groups is 1. The number of hydrogen-bond donors (Lipinski definition) is 2. The number of nitrogens with zero attached hydrogens (tertiary/aromatic N) is 1. The monoisotopic (exact) mass is 282 g/mol. The minimum atomic E-state index is -1.08. The molecule has 7 heteroatoms. The van der Waals surface area contributed by atoms with Crippen molar-refractivity contribution in [3.05, 3.63) is 44.1 Å². The van der Waals surface area contributed by atoms with Crippen molar-refractivity contribution in [3.8, 4) is 0 Å². The second-order valence-corrected chi connectivity index (χ2v) is 5.32. The summed E-state index contributed by atoms with van der Waals surface area (Å²) in [7, 11) is 0. The Morgan fingerprint density at radius 3 is 3.00 bits per heavy atom. The van der Waals surface area contributed by atoms with Crippen LogP contribution in [-0.4, -0.2) is 21.0 Å². The maximum Gasteiger partial charge on any atom is 0.346 e. The fourth-order valence-corrected chi connectivity index (χ4v) is 3.23. The van der Waals surface area contributed by atoms with E-state index in [1.165, 1.54) is 11.8 Å². The summed E-state index contributed by atoms with van der Waals surface area (Å²) in [6, 6.07) is 1.96. The fourth-order valence-electron chi connectivity index (χ4n) is 1.44. The molecular weight excluding hydrogens is 272 g/mol. The van der Waals surface area contributed by atoms with Gasteiger partial charge in [-0.3, -0.25) is 0 Å². The maximum absolute atomic E-state index is 11.3. The van der Waals surface area contributed by atoms with Gasteiger partial charge in [-0.15, -0.1) is 11.8 Å². The summed E-state index contributed by atoms with van der Waals surface area (Å²) in [6.45, 7) is 1.56. The summed E-state index contributed by atoms with van der Waals surface area (Å²) in [6.07, 6.45) is 0. The zero-order valence-corrected chi connectivity index (χ0v) is 11.1. The van der Waals surface area contributed by atoms with Crippen LogP contribution in [0.4, 0.5) is 0 Å². The second-order valence-electron chi connectivity index (χ2n) is 3.57. The standard InChI is InChI=1S/C11H10N2O3S2/c1-6-8(10(14)15)9(13-11(16)12-6)18-5-7-2-3-17-4-7/h2-4H,5H2,1H3,(H,14,15)(H,12,13,16). The molecule has 2 aromatic heterocycles. The number of aromatic carboxylic acids is 1. The van der Waals surface area contributed by atoms with E-state index in [2.05, 4.69) is 9.97 Å². The van der Waals surface area contributed by atoms with Gasteiger partial charge in [-0.25, -0.2) is 9.59 Å². The Labute approximate surface area is 111 Å². The first-order valence-corrected chi connectivity index (χ1v) is 6.99. The molecule has 0 unspecified atom stereocenters. The van der Waals surface area contributed by atoms with Crippen LogP contribution in [-0.2, 0) is 5.75 Å². The lowest BCUT2D eigenvalue weighted by Crippen LogP contribution is -2.18. The Balaban J connectivity index is 2.31. The highest BCUT2D eigenvalue weighted by Crippen LogP contribution is 2.25. The van der Waals surface area contributed by atoms with Crippen LogP contribution in [0.1, 0.15) is 21.6 Å². The van der Waals surface area contributed by atoms with Crippen molar-refractivity contribution in [2.24, 2.45) is 0 Å². The highest BCUT2D eigenvalue weighted by Gasteiger charge is 2.16. The van der Waals surface area contributed by atoms with Gasteiger partial charge in [0.1, 0.15) is 10.6 Å². The Kier molecular flexibility index (Phi) is 3.83. The number of thiophene rings is 1. The molecule has 18 heavy (non-hydrogen) atoms. The summed E-state index contributed by atoms with van der Waals surface area (Å²) >= 11 is 2.83. The van der Waals surface area contributed by atoms with Gasteiger partial charge in [0.05, 0.1) is 0 Å². The molecule has 0 atom stereocenters. The van der Waals surface area contributed by atoms with Crippen LogP contribution in [0, 0.1) is 6.92 Å². The largest absolute Gasteiger partial charge is 0.478 e. The summed E-state index contributed by atoms with van der Waals surface area (Å²) < 4.78 is 0. The predicted molar refractivity (Wildman–Crippen MR) is 70.4 cm³/mol. The third-order valence-electron chi connectivity index (χ3n) is 2.26. The smallest absolute Gasteiger partial charge is 0.346 e. The summed E-state index contributed by atoms with van der Waals surface area (Å²) in [5.74, 6) is -0.483. The first kappa shape index (κ1) is 12.8. The zero-order chi connectivity index (χ0) is 13.1. The Morgan fingerprint density at radius 1 is 1.61 bits per heavy atom. The van der Waals surface area contributed by atoms with Crippen molar-refractivity contribution in [3.63, 3.8) is 0 Å². The van der Waals surface area contributed by atoms with Gasteiger partial charge in [-0.1, -0.05) is 0 Å². The molecule has 2 aromatic rings. The van der Waals surface area contributed by atoms with Crippen LogP contribution >= 0.6 is 23.1 Å². The number of carboxylic acid groups (broad SMARTS) is 1. The van der Waals surface area contributed by atoms with E-state index in [9.17, 15) is 9.59 Å². The zero-order valence-electron chi connectivity index (χ0n) is 9.47. The van der Waals surface area contributed by atoms with Gasteiger partial charge in [-0.2, -0.15) is 16.3 Å². The topological polar surface area (TPSA) is 83.0 Å². The van der Waals surface area contributed by atoms with Crippen LogP contribution in [0.15, 0.2) is 26.6 Å². The van der Waals surface area contributed by atoms with Crippen LogP contribution in [0.2, 0.25) is 0 Å². The van der Waals surface area contributed by atoms with Crippen molar-refractivity contribution in [1.29, 1.82) is 0 Å². The summed E-state index contributed by atoms with van der Waals surface area (Å²) in [4.78, 5) is 28.5. The number of rotatable bonds is 4. The molecular formula is C11H10N2O3S2. The van der Waals surface area contributed by atoms with Crippen molar-refractivity contribution in [2.75, 3.05) is 0 Å². The molecule has 0 spiro atoms. The molecule has 2 heterocycles. The quantitative estimate of drug-likeness (QED) is 0.663. The van der Waals surface area contributed by atoms with Crippen molar-refractivity contribution in [1.82, 2.24) is 9.97 Å². The lowest BCUT2D eigenvalue weighted by molar-refractivity contribution is 0.0690. The van der Waals surface area contributed by atoms with Gasteiger partial charge in [0.15, 0.2) is 0 Å². The Hall–Kier alpha value is -1.60. The minimum absolute atomic E-state index is 0.0647. The number of nitrogens with one attached hydrogen (secondary N) is 1. The number of hydrogen-bond acceptors (Lipinski definition) is 5. The first-order chi connectivity index (χ1) is 8.58. The van der Waals surface area contributed by atoms with Crippen molar-refractivity contribution >= 4 is 29.1 Å². The van der Waals surface area contributed by atoms with E-state index in [1.807, 2.05) is 16.8 Å². The average Bonchev–Trinajstić information content (AvgIpc) is 2.77. The Morgan fingerprint density at radius 2 is 2.39 bits per heavy atom. The fraction of sp³-hybridized carbons (Fsp3) is 0.182. The molecule has 0 aliphatic rings. The lowest BCUT2D eigenvalue weighted by Gasteiger charge is -2.06. The third-order valence-corrected chi connectivity index (χ3v) is 4.03. The van der Waals surface area contributed by atoms with Gasteiger partial charge in [-0.05, 0) is 29.3 Å². The van der Waals surface area contributed by atoms with Crippen molar-refractivity contribution < 1.29 is 9.90 Å². The molecule has 2 rings (SSSR count). The molecule has 94 valence electrons. The molecule has 2 N–H and O–H groups in total. The number of aromatic nitrogens is 2. The van der Waals surface area contributed by atoms with E-state index in [4.69, 9.17) is 5.11 Å². The van der Waals surface area contributed by atoms with Gasteiger partial charge in [0, 0.05) is 11.4 Å². The molecule has 5 nitrogen and oxygen atoms in total. The Bertz CT molecular complexity index is 620. The van der Waals surface area contributed by atoms with Crippen LogP contribution in [0.5, 0.6) is 0 Å². The molecule has 0 amide bonds. The SMILES string of the molecule is Cc1[nH]c(=O)nc(SCc2ccsc2)c1C(=O)O. The van der Waals surface area contributed by atoms with Crippen LogP contribution in [0.3, 0.4) is 0 Å². The third kappa shape index (κ3) is 2.80. The average molecular weight is 282 g/mol. The van der Waals surface area contributed by atoms with E-state index >= 15 is 0 Å². The second kappa shape index (κ2) is 5.36. The molecule has 0 aliphatic heterocycles. The van der Waals surface area contributed by atoms with E-state index in [0.717, 1.165) is 5.56 Å². The molecule has 0 aliphatic carbocycles. The lowest BCUT2D eigenvalue weighted by atomic mass is 10.2. The number of carboxylic acids is 1. The van der Waals surface area contributed by atoms with Crippen molar-refractivity contribution in [2.45, 2.75) is 17.7 Å². The summed E-state index contributed by atoms with van der Waals surface area (Å²) in [5.41, 5.74) is 0.955. The van der Waals surface area contributed by atoms with Gasteiger partial charge < -0.3 is 10.1 Å². The summed E-state index contributed by atoms with van der Waals surface area (Å²) in [5, 5.41) is 13.3. The van der Waals surface area contributed by atoms with E-state index in [1.54, 1.807) is 18.3 Å². The number of aryl methyl sites for hydroxylation is 1. The van der Waals surface area contributed by atoms with Crippen LogP contribution < -0.4 is 5.69 Å². The molecule has 0 saturated carbocycles. The predicted octanol–water partition coefficient (Wildman–Crippen LogP) is 2.13. The number of H-pyrrole nitrogens is 1. The van der Waals surface area contributed by atoms with E-state index in [-0.39, 0.29) is 10.6 Å². The number of thioether (sulfide) groups is 1. The number of aromatic amines is 1. The molecule has 0 fully saturated rings. The van der Waals surface area contributed by atoms with E-state index in [0.29, 0.717) is 11.4 Å². The van der Waals surface area contributed by atoms with Gasteiger partial charge in [0.25, 0.3) is 0 Å². The molecule has 0 aromatic carbocycles. The van der Waals surface area contributed by atoms with Gasteiger partial charge >= 0.3 is 11.7 Å². The highest BCUT2D eigenvalue weighted by atomic mass is 32.2. The van der Waals surface area contributed by atoms with E-state index < -0.39 is 11.7 Å². The molecule has 0 saturated heterocycles. The minimum Gasteiger partial charge on any atom is -0.478 e. The van der Waals surface area contributed by atoms with Crippen LogP contribution in [0.25, 0.3) is 0 Å².